The van der Waals surface area contributed by atoms with Crippen LogP contribution in [0.1, 0.15) is 13.8 Å². The van der Waals surface area contributed by atoms with Crippen molar-refractivity contribution < 1.29 is 23.4 Å². The zero-order valence-electron chi connectivity index (χ0n) is 12.5. The highest BCUT2D eigenvalue weighted by atomic mass is 127. The van der Waals surface area contributed by atoms with E-state index in [4.69, 9.17) is 14.2 Å². The van der Waals surface area contributed by atoms with E-state index in [1.165, 1.54) is 4.90 Å². The van der Waals surface area contributed by atoms with E-state index in [1.807, 2.05) is 0 Å². The number of benzene rings is 1. The van der Waals surface area contributed by atoms with Gasteiger partial charge in [-0.15, -0.1) is 0 Å². The van der Waals surface area contributed by atoms with Crippen molar-refractivity contribution in [3.63, 3.8) is 0 Å². The Hall–Kier alpha value is -0.930. The molecule has 7 heteroatoms. The van der Waals surface area contributed by atoms with E-state index in [0.717, 1.165) is 0 Å². The number of amides is 1. The van der Waals surface area contributed by atoms with Crippen LogP contribution in [0.3, 0.4) is 0 Å². The molecule has 0 spiro atoms. The monoisotopic (exact) mass is 421 g/mol. The van der Waals surface area contributed by atoms with Crippen molar-refractivity contribution in [3.8, 4) is 5.75 Å². The Morgan fingerprint density at radius 2 is 2.00 bits per heavy atom. The maximum absolute atomic E-state index is 14.7. The number of carbonyl (C=O) groups excluding carboxylic acids is 1. The second-order valence-electron chi connectivity index (χ2n) is 5.81. The minimum atomic E-state index is -1.98. The summed E-state index contributed by atoms with van der Waals surface area (Å²) in [6.07, 6.45) is -0.503. The highest BCUT2D eigenvalue weighted by Crippen LogP contribution is 2.47. The first kappa shape index (κ1) is 15.9. The molecule has 120 valence electrons. The molecule has 0 aliphatic carbocycles. The van der Waals surface area contributed by atoms with Gasteiger partial charge in [0.05, 0.1) is 13.7 Å². The Labute approximate surface area is 141 Å². The number of nitrogens with zero attached hydrogens (tertiary/aromatic N) is 1. The van der Waals surface area contributed by atoms with Crippen LogP contribution in [0.5, 0.6) is 5.75 Å². The largest absolute Gasteiger partial charge is 0.497 e. The van der Waals surface area contributed by atoms with Gasteiger partial charge < -0.3 is 14.2 Å². The lowest BCUT2D eigenvalue weighted by Gasteiger charge is -2.50. The number of ether oxygens (including phenoxy) is 3. The minimum absolute atomic E-state index is 0.256. The number of methoxy groups -OCH3 is 1. The molecule has 5 nitrogen and oxygen atoms in total. The summed E-state index contributed by atoms with van der Waals surface area (Å²) >= 11 is 1.55. The van der Waals surface area contributed by atoms with Crippen LogP contribution < -0.4 is 9.64 Å². The van der Waals surface area contributed by atoms with Crippen LogP contribution in [0, 0.1) is 0 Å². The van der Waals surface area contributed by atoms with Gasteiger partial charge in [0.15, 0.2) is 5.79 Å². The molecule has 0 radical (unpaired) electrons. The molecule has 2 aliphatic heterocycles. The summed E-state index contributed by atoms with van der Waals surface area (Å²) in [5.74, 6) is -0.658. The van der Waals surface area contributed by atoms with Gasteiger partial charge in [-0.25, -0.2) is 4.39 Å². The molecular weight excluding hydrogens is 404 g/mol. The summed E-state index contributed by atoms with van der Waals surface area (Å²) in [6.45, 7) is 3.81. The van der Waals surface area contributed by atoms with Gasteiger partial charge in [0.25, 0.3) is 9.58 Å². The number of hydrogen-bond donors (Lipinski definition) is 0. The van der Waals surface area contributed by atoms with Crippen LogP contribution in [0.25, 0.3) is 0 Å². The van der Waals surface area contributed by atoms with Crippen LogP contribution in [0.15, 0.2) is 24.3 Å². The lowest BCUT2D eigenvalue weighted by Crippen LogP contribution is -2.73. The Bertz CT molecular complexity index is 590. The number of alkyl halides is 2. The van der Waals surface area contributed by atoms with Crippen molar-refractivity contribution in [3.05, 3.63) is 24.3 Å². The van der Waals surface area contributed by atoms with Gasteiger partial charge in [0.1, 0.15) is 17.9 Å². The quantitative estimate of drug-likeness (QED) is 0.428. The molecule has 1 aromatic rings. The zero-order chi connectivity index (χ0) is 16.1. The summed E-state index contributed by atoms with van der Waals surface area (Å²) in [7, 11) is 1.57. The van der Waals surface area contributed by atoms with E-state index >= 15 is 0 Å². The molecule has 0 saturated carbocycles. The third-order valence-corrected chi connectivity index (χ3v) is 4.99. The van der Waals surface area contributed by atoms with Crippen molar-refractivity contribution in [1.29, 1.82) is 0 Å². The molecule has 2 aliphatic rings. The third kappa shape index (κ3) is 2.48. The fourth-order valence-electron chi connectivity index (χ4n) is 2.80. The zero-order valence-corrected chi connectivity index (χ0v) is 14.7. The maximum atomic E-state index is 14.7. The predicted molar refractivity (Wildman–Crippen MR) is 87.0 cm³/mol. The first-order chi connectivity index (χ1) is 10.3. The van der Waals surface area contributed by atoms with E-state index in [2.05, 4.69) is 0 Å². The molecule has 3 atom stereocenters. The molecule has 3 rings (SSSR count). The van der Waals surface area contributed by atoms with E-state index in [1.54, 1.807) is 67.8 Å². The van der Waals surface area contributed by atoms with E-state index < -0.39 is 27.5 Å². The standard InChI is InChI=1S/C15H17FINO4/c1-14(2)21-8-11(22-14)12-15(16,17)13(19)18(12)9-4-6-10(20-3)7-5-9/h4-7,11-12H,8H2,1-3H3/t11?,12-,15-/m0/s1. The second-order valence-corrected chi connectivity index (χ2v) is 7.38. The smallest absolute Gasteiger partial charge is 0.277 e. The summed E-state index contributed by atoms with van der Waals surface area (Å²) in [5, 5.41) is 0. The fourth-order valence-corrected chi connectivity index (χ4v) is 3.74. The highest BCUT2D eigenvalue weighted by molar-refractivity contribution is 14.1. The molecule has 1 unspecified atom stereocenters. The average molecular weight is 421 g/mol. The Morgan fingerprint density at radius 1 is 1.36 bits per heavy atom. The van der Waals surface area contributed by atoms with Crippen molar-refractivity contribution in [2.45, 2.75) is 35.5 Å². The van der Waals surface area contributed by atoms with Crippen LogP contribution in [-0.4, -0.2) is 41.2 Å². The van der Waals surface area contributed by atoms with Crippen LogP contribution in [-0.2, 0) is 14.3 Å². The maximum Gasteiger partial charge on any atom is 0.277 e. The Balaban J connectivity index is 1.87. The summed E-state index contributed by atoms with van der Waals surface area (Å²) in [5.41, 5.74) is 0.619. The van der Waals surface area contributed by atoms with Crippen LogP contribution >= 0.6 is 22.6 Å². The topological polar surface area (TPSA) is 48.0 Å². The summed E-state index contributed by atoms with van der Waals surface area (Å²) in [4.78, 5) is 13.6. The van der Waals surface area contributed by atoms with Gasteiger partial charge in [-0.05, 0) is 60.7 Å². The second kappa shape index (κ2) is 5.31. The van der Waals surface area contributed by atoms with Crippen LogP contribution in [0.4, 0.5) is 10.1 Å². The van der Waals surface area contributed by atoms with Gasteiger partial charge in [0, 0.05) is 5.69 Å². The summed E-state index contributed by atoms with van der Waals surface area (Å²) in [6, 6.07) is 6.23. The summed E-state index contributed by atoms with van der Waals surface area (Å²) < 4.78 is 29.1. The average Bonchev–Trinajstić information content (AvgIpc) is 2.83. The van der Waals surface area contributed by atoms with E-state index in [9.17, 15) is 9.18 Å². The minimum Gasteiger partial charge on any atom is -0.497 e. The number of hydrogen-bond acceptors (Lipinski definition) is 4. The van der Waals surface area contributed by atoms with Gasteiger partial charge in [0.2, 0.25) is 0 Å². The van der Waals surface area contributed by atoms with Crippen molar-refractivity contribution in [1.82, 2.24) is 0 Å². The molecule has 0 aromatic heterocycles. The highest BCUT2D eigenvalue weighted by Gasteiger charge is 2.65. The molecule has 1 amide bonds. The third-order valence-electron chi connectivity index (χ3n) is 3.89. The SMILES string of the molecule is COc1ccc(N2C(=O)[C@@](F)(I)[C@@H]2C2COC(C)(C)O2)cc1. The normalized spacial score (nSPS) is 33.7. The van der Waals surface area contributed by atoms with E-state index in [0.29, 0.717) is 11.4 Å². The van der Waals surface area contributed by atoms with Gasteiger partial charge in [-0.3, -0.25) is 9.69 Å². The van der Waals surface area contributed by atoms with Gasteiger partial charge >= 0.3 is 0 Å². The molecule has 0 N–H and O–H groups in total. The lowest BCUT2D eigenvalue weighted by atomic mass is 9.93. The van der Waals surface area contributed by atoms with Crippen molar-refractivity contribution in [2.24, 2.45) is 0 Å². The van der Waals surface area contributed by atoms with Crippen LogP contribution in [0.2, 0.25) is 0 Å². The molecule has 0 bridgehead atoms. The molecular formula is C15H17FINO4. The molecule has 2 saturated heterocycles. The number of halogens is 2. The van der Waals surface area contributed by atoms with Gasteiger partial charge in [-0.2, -0.15) is 0 Å². The fraction of sp³-hybridized carbons (Fsp3) is 0.533. The number of rotatable bonds is 3. The molecule has 22 heavy (non-hydrogen) atoms. The lowest BCUT2D eigenvalue weighted by molar-refractivity contribution is -0.154. The number of carbonyl (C=O) groups is 1. The number of β-lactam (4-membered cyclic amide) rings is 1. The Morgan fingerprint density at radius 3 is 2.50 bits per heavy atom. The first-order valence-electron chi connectivity index (χ1n) is 6.93. The van der Waals surface area contributed by atoms with E-state index in [-0.39, 0.29) is 6.61 Å². The predicted octanol–water partition coefficient (Wildman–Crippen LogP) is 2.66. The Kier molecular flexibility index (Phi) is 3.85. The van der Waals surface area contributed by atoms with Crippen molar-refractivity contribution >= 4 is 34.2 Å². The number of anilines is 1. The molecule has 2 heterocycles. The van der Waals surface area contributed by atoms with Crippen molar-refractivity contribution in [2.75, 3.05) is 18.6 Å². The molecule has 2 fully saturated rings. The van der Waals surface area contributed by atoms with Gasteiger partial charge in [-0.1, -0.05) is 0 Å². The first-order valence-corrected chi connectivity index (χ1v) is 8.01. The molecule has 1 aromatic carbocycles.